The largest absolute Gasteiger partial charge is 0.361 e. The Morgan fingerprint density at radius 2 is 1.68 bits per heavy atom. The number of para-hydroxylation sites is 2. The van der Waals surface area contributed by atoms with Gasteiger partial charge in [0.25, 0.3) is 0 Å². The predicted octanol–water partition coefficient (Wildman–Crippen LogP) is 3.95. The number of rotatable bonds is 3. The lowest BCUT2D eigenvalue weighted by molar-refractivity contribution is -0.130. The van der Waals surface area contributed by atoms with Crippen molar-refractivity contribution in [1.29, 1.82) is 0 Å². The van der Waals surface area contributed by atoms with Crippen molar-refractivity contribution in [3.05, 3.63) is 95.2 Å². The molecular formula is C30H26N4O3. The average molecular weight is 491 g/mol. The lowest BCUT2D eigenvalue weighted by atomic mass is 9.75. The highest BCUT2D eigenvalue weighted by Gasteiger charge is 2.70. The molecule has 2 fully saturated rings. The van der Waals surface area contributed by atoms with Crippen LogP contribution in [0.2, 0.25) is 0 Å². The van der Waals surface area contributed by atoms with Crippen LogP contribution in [0.25, 0.3) is 10.9 Å². The highest BCUT2D eigenvalue weighted by atomic mass is 16.2. The van der Waals surface area contributed by atoms with Crippen LogP contribution < -0.4 is 15.5 Å². The van der Waals surface area contributed by atoms with E-state index in [1.54, 1.807) is 12.1 Å². The number of H-pyrrole nitrogens is 1. The maximum atomic E-state index is 14.1. The van der Waals surface area contributed by atoms with Gasteiger partial charge in [0.1, 0.15) is 5.54 Å². The lowest BCUT2D eigenvalue weighted by Gasteiger charge is -2.30. The predicted molar refractivity (Wildman–Crippen MR) is 141 cm³/mol. The van der Waals surface area contributed by atoms with Gasteiger partial charge in [-0.25, -0.2) is 4.90 Å². The van der Waals surface area contributed by atoms with E-state index in [-0.39, 0.29) is 17.7 Å². The highest BCUT2D eigenvalue weighted by Crippen LogP contribution is 2.54. The number of aromatic amines is 1. The smallest absolute Gasteiger partial charge is 0.250 e. The molecule has 37 heavy (non-hydrogen) atoms. The Morgan fingerprint density at radius 3 is 2.49 bits per heavy atom. The van der Waals surface area contributed by atoms with E-state index < -0.39 is 23.4 Å². The molecule has 3 N–H and O–H groups in total. The summed E-state index contributed by atoms with van der Waals surface area (Å²) in [6, 6.07) is 20.6. The Labute approximate surface area is 213 Å². The van der Waals surface area contributed by atoms with Gasteiger partial charge in [-0.3, -0.25) is 19.7 Å². The average Bonchev–Trinajstić information content (AvgIpc) is 3.60. The second kappa shape index (κ2) is 7.63. The molecule has 1 spiro atoms. The number of nitrogens with zero attached hydrogens (tertiary/aromatic N) is 1. The molecule has 2 saturated heterocycles. The van der Waals surface area contributed by atoms with Crippen LogP contribution in [-0.4, -0.2) is 28.7 Å². The fourth-order valence-electron chi connectivity index (χ4n) is 6.80. The summed E-state index contributed by atoms with van der Waals surface area (Å²) in [5.41, 5.74) is 4.70. The fourth-order valence-corrected chi connectivity index (χ4v) is 6.80. The molecule has 184 valence electrons. The molecule has 1 aromatic heterocycles. The van der Waals surface area contributed by atoms with Gasteiger partial charge in [0.2, 0.25) is 17.7 Å². The van der Waals surface area contributed by atoms with Gasteiger partial charge < -0.3 is 10.3 Å². The number of amides is 3. The Kier molecular flexibility index (Phi) is 4.54. The van der Waals surface area contributed by atoms with Crippen LogP contribution in [0, 0.1) is 25.7 Å². The molecule has 3 amide bonds. The van der Waals surface area contributed by atoms with E-state index in [2.05, 4.69) is 15.6 Å². The Hall–Kier alpha value is -4.23. The Balaban J connectivity index is 1.40. The van der Waals surface area contributed by atoms with Gasteiger partial charge in [0.05, 0.1) is 17.5 Å². The number of hydrogen-bond donors (Lipinski definition) is 3. The van der Waals surface area contributed by atoms with Crippen LogP contribution in [0.5, 0.6) is 0 Å². The molecule has 0 radical (unpaired) electrons. The molecule has 7 rings (SSSR count). The van der Waals surface area contributed by atoms with Crippen LogP contribution in [0.4, 0.5) is 11.4 Å². The molecule has 4 heterocycles. The monoisotopic (exact) mass is 490 g/mol. The summed E-state index contributed by atoms with van der Waals surface area (Å²) in [4.78, 5) is 46.6. The molecule has 0 unspecified atom stereocenters. The minimum absolute atomic E-state index is 0.263. The summed E-state index contributed by atoms with van der Waals surface area (Å²) in [5, 5.41) is 7.69. The molecule has 0 bridgehead atoms. The minimum atomic E-state index is -1.32. The maximum absolute atomic E-state index is 14.1. The lowest BCUT2D eigenvalue weighted by Crippen LogP contribution is -2.53. The van der Waals surface area contributed by atoms with E-state index in [0.717, 1.165) is 38.8 Å². The van der Waals surface area contributed by atoms with Crippen molar-refractivity contribution in [2.24, 2.45) is 11.8 Å². The van der Waals surface area contributed by atoms with Crippen molar-refractivity contribution < 1.29 is 14.4 Å². The number of aromatic nitrogens is 1. The summed E-state index contributed by atoms with van der Waals surface area (Å²) in [5.74, 6) is -2.40. The first-order chi connectivity index (χ1) is 17.9. The number of imide groups is 1. The zero-order valence-corrected chi connectivity index (χ0v) is 20.5. The standard InChI is InChI=1S/C30H26N4O3/c1-16-12-17(2)26-21(13-16)30(29(37)32-26)25-24(27(35)34(28(25)36)19-8-4-3-5-9-19)23(33-30)14-18-15-31-22-11-7-6-10-20(18)22/h3-13,15,23-25,31,33H,14H2,1-2H3,(H,32,37)/t23-,24+,25-,30-/m0/s1. The number of fused-ring (bicyclic) bond motifs is 5. The molecule has 4 atom stereocenters. The van der Waals surface area contributed by atoms with Crippen molar-refractivity contribution in [2.75, 3.05) is 10.2 Å². The van der Waals surface area contributed by atoms with Gasteiger partial charge in [0.15, 0.2) is 0 Å². The summed E-state index contributed by atoms with van der Waals surface area (Å²) in [6.45, 7) is 3.94. The normalized spacial score (nSPS) is 26.3. The van der Waals surface area contributed by atoms with Crippen LogP contribution in [-0.2, 0) is 26.3 Å². The quantitative estimate of drug-likeness (QED) is 0.379. The van der Waals surface area contributed by atoms with Gasteiger partial charge in [-0.05, 0) is 49.6 Å². The number of hydrogen-bond acceptors (Lipinski definition) is 4. The first-order valence-corrected chi connectivity index (χ1v) is 12.6. The van der Waals surface area contributed by atoms with Crippen molar-refractivity contribution in [1.82, 2.24) is 10.3 Å². The highest BCUT2D eigenvalue weighted by molar-refractivity contribution is 6.26. The van der Waals surface area contributed by atoms with E-state index in [0.29, 0.717) is 12.1 Å². The molecule has 0 aliphatic carbocycles. The van der Waals surface area contributed by atoms with Gasteiger partial charge >= 0.3 is 0 Å². The Morgan fingerprint density at radius 1 is 0.919 bits per heavy atom. The van der Waals surface area contributed by atoms with E-state index in [1.807, 2.05) is 74.6 Å². The van der Waals surface area contributed by atoms with E-state index in [4.69, 9.17) is 0 Å². The molecule has 3 aromatic carbocycles. The molecule has 7 heteroatoms. The summed E-state index contributed by atoms with van der Waals surface area (Å²) >= 11 is 0. The summed E-state index contributed by atoms with van der Waals surface area (Å²) < 4.78 is 0. The van der Waals surface area contributed by atoms with Crippen molar-refractivity contribution in [2.45, 2.75) is 31.8 Å². The topological polar surface area (TPSA) is 94.3 Å². The number of carbonyl (C=O) groups is 3. The summed E-state index contributed by atoms with van der Waals surface area (Å²) in [6.07, 6.45) is 2.46. The summed E-state index contributed by atoms with van der Waals surface area (Å²) in [7, 11) is 0. The SMILES string of the molecule is Cc1cc(C)c2c(c1)[C@@]1(N[C@@H](Cc3c[nH]c4ccccc34)[C@H]3C(=O)N(c4ccccc4)C(=O)[C@H]31)C(=O)N2. The first kappa shape index (κ1) is 22.0. The third-order valence-electron chi connectivity index (χ3n) is 8.29. The number of benzene rings is 3. The molecule has 4 aromatic rings. The maximum Gasteiger partial charge on any atom is 0.250 e. The van der Waals surface area contributed by atoms with E-state index >= 15 is 0 Å². The minimum Gasteiger partial charge on any atom is -0.361 e. The van der Waals surface area contributed by atoms with E-state index in [1.165, 1.54) is 4.90 Å². The number of aryl methyl sites for hydroxylation is 2. The first-order valence-electron chi connectivity index (χ1n) is 12.6. The molecule has 3 aliphatic rings. The van der Waals surface area contributed by atoms with Gasteiger partial charge in [-0.15, -0.1) is 0 Å². The van der Waals surface area contributed by atoms with Gasteiger partial charge in [0, 0.05) is 34.4 Å². The van der Waals surface area contributed by atoms with Crippen molar-refractivity contribution in [3.63, 3.8) is 0 Å². The van der Waals surface area contributed by atoms with Crippen molar-refractivity contribution in [3.8, 4) is 0 Å². The van der Waals surface area contributed by atoms with Crippen molar-refractivity contribution >= 4 is 40.0 Å². The zero-order valence-electron chi connectivity index (χ0n) is 20.5. The van der Waals surface area contributed by atoms with Crippen LogP contribution in [0.15, 0.2) is 72.9 Å². The van der Waals surface area contributed by atoms with Crippen LogP contribution >= 0.6 is 0 Å². The third kappa shape index (κ3) is 2.89. The van der Waals surface area contributed by atoms with Crippen LogP contribution in [0.1, 0.15) is 22.3 Å². The third-order valence-corrected chi connectivity index (χ3v) is 8.29. The van der Waals surface area contributed by atoms with Crippen LogP contribution in [0.3, 0.4) is 0 Å². The molecule has 7 nitrogen and oxygen atoms in total. The van der Waals surface area contributed by atoms with E-state index in [9.17, 15) is 14.4 Å². The van der Waals surface area contributed by atoms with Gasteiger partial charge in [-0.2, -0.15) is 0 Å². The van der Waals surface area contributed by atoms with Gasteiger partial charge in [-0.1, -0.05) is 54.1 Å². The molecular weight excluding hydrogens is 464 g/mol. The molecule has 3 aliphatic heterocycles. The zero-order chi connectivity index (χ0) is 25.5. The molecule has 0 saturated carbocycles. The Bertz CT molecular complexity index is 1620. The fraction of sp³-hybridized carbons (Fsp3) is 0.233. The number of anilines is 2. The second-order valence-corrected chi connectivity index (χ2v) is 10.4. The number of carbonyl (C=O) groups excluding carboxylic acids is 3. The second-order valence-electron chi connectivity index (χ2n) is 10.4. The number of nitrogens with one attached hydrogen (secondary N) is 3.